The largest absolute Gasteiger partial charge is 0.495 e. The van der Waals surface area contributed by atoms with Crippen molar-refractivity contribution in [3.05, 3.63) is 88.4 Å². The lowest BCUT2D eigenvalue weighted by molar-refractivity contribution is 0.0566. The van der Waals surface area contributed by atoms with Crippen molar-refractivity contribution in [3.8, 4) is 17.1 Å². The van der Waals surface area contributed by atoms with Crippen LogP contribution in [0.15, 0.2) is 61.7 Å². The van der Waals surface area contributed by atoms with Gasteiger partial charge in [0.05, 0.1) is 114 Å². The van der Waals surface area contributed by atoms with Gasteiger partial charge in [-0.2, -0.15) is 38.9 Å². The number of aromatic nitrogens is 16. The normalized spacial score (nSPS) is 14.3. The van der Waals surface area contributed by atoms with E-state index in [0.29, 0.717) is 141 Å². The lowest BCUT2D eigenvalue weighted by Crippen LogP contribution is -2.37. The summed E-state index contributed by atoms with van der Waals surface area (Å²) in [6.45, 7) is 3.00. The summed E-state index contributed by atoms with van der Waals surface area (Å²) >= 11 is 18.5. The average molecular weight is 1030 g/mol. The van der Waals surface area contributed by atoms with Crippen molar-refractivity contribution >= 4 is 103 Å². The predicted octanol–water partition coefficient (Wildman–Crippen LogP) is 6.57. The first-order valence-electron chi connectivity index (χ1n) is 22.1. The molecule has 0 saturated carbocycles. The summed E-state index contributed by atoms with van der Waals surface area (Å²) in [6.07, 6.45) is 9.50. The highest BCUT2D eigenvalue weighted by Crippen LogP contribution is 2.32. The van der Waals surface area contributed by atoms with Gasteiger partial charge in [-0.1, -0.05) is 34.8 Å². The van der Waals surface area contributed by atoms with Gasteiger partial charge >= 0.3 is 6.55 Å². The molecule has 10 heterocycles. The molecule has 28 heteroatoms. The maximum atomic E-state index is 13.1. The van der Waals surface area contributed by atoms with Gasteiger partial charge in [-0.05, 0) is 18.2 Å². The Labute approximate surface area is 415 Å². The summed E-state index contributed by atoms with van der Waals surface area (Å²) in [6, 6.07) is 7.03. The number of alkyl halides is 2. The highest BCUT2D eigenvalue weighted by atomic mass is 35.5. The molecule has 12 rings (SSSR count). The quantitative estimate of drug-likeness (QED) is 0.101. The fourth-order valence-electron chi connectivity index (χ4n) is 8.08. The van der Waals surface area contributed by atoms with Crippen LogP contribution in [-0.2, 0) is 29.6 Å². The van der Waals surface area contributed by atoms with Crippen molar-refractivity contribution in [1.82, 2.24) is 78.5 Å². The summed E-state index contributed by atoms with van der Waals surface area (Å²) in [7, 11) is 3.46. The number of fused-ring (bicyclic) bond motifs is 4. The standard InChI is InChI=1S/C22H23ClN10O2.C21H18Cl2F2N10O/c1-31-11-13(9-26-31)33-12-25-19-20(29-22(30-21(19)33)32-3-5-35-6-4-32)24-10-18-27-15-7-14(23)17(34-2)8-16(15)28-18;22-12-5-14-15(6-13(12)23)30-16(29-14)8-26-18-17-19(32-21(31-18)33-1-3-36-4-2-33)34(10-27-17)11-7-28-35(9-11)20(24)25/h7-9,11-12H,3-6,10H2,1-2H3,(H,27,28)(H,24,29,30);5-7,9-10,20H,1-4,8H2,(H,29,30)(H,26,31,32). The van der Waals surface area contributed by atoms with Gasteiger partial charge in [0.15, 0.2) is 34.0 Å². The molecule has 0 atom stereocenters. The van der Waals surface area contributed by atoms with Gasteiger partial charge in [0.1, 0.15) is 30.1 Å². The van der Waals surface area contributed by atoms with E-state index >= 15 is 0 Å². The third-order valence-corrected chi connectivity index (χ3v) is 12.6. The van der Waals surface area contributed by atoms with E-state index in [-0.39, 0.29) is 0 Å². The molecule has 2 saturated heterocycles. The van der Waals surface area contributed by atoms with E-state index in [1.54, 1.807) is 47.1 Å². The van der Waals surface area contributed by atoms with Crippen LogP contribution >= 0.6 is 34.8 Å². The number of imidazole rings is 4. The van der Waals surface area contributed by atoms with Crippen molar-refractivity contribution in [2.24, 2.45) is 7.05 Å². The predicted molar refractivity (Wildman–Crippen MR) is 262 cm³/mol. The lowest BCUT2D eigenvalue weighted by atomic mass is 10.3. The summed E-state index contributed by atoms with van der Waals surface area (Å²) in [5.41, 5.74) is 6.58. The highest BCUT2D eigenvalue weighted by molar-refractivity contribution is 6.42. The topological polar surface area (TPSA) is 238 Å². The second kappa shape index (κ2) is 19.4. The Morgan fingerprint density at radius 1 is 0.662 bits per heavy atom. The molecule has 23 nitrogen and oxygen atoms in total. The Bertz CT molecular complexity index is 3500. The molecule has 10 aromatic rings. The molecule has 0 unspecified atom stereocenters. The van der Waals surface area contributed by atoms with Crippen LogP contribution in [0.2, 0.25) is 15.1 Å². The number of nitrogens with zero attached hydrogens (tertiary/aromatic N) is 16. The van der Waals surface area contributed by atoms with Crippen LogP contribution in [0.1, 0.15) is 18.2 Å². The van der Waals surface area contributed by atoms with Crippen LogP contribution in [0.4, 0.5) is 32.3 Å². The number of benzene rings is 2. The zero-order valence-corrected chi connectivity index (χ0v) is 40.0. The number of ether oxygens (including phenoxy) is 3. The third-order valence-electron chi connectivity index (χ3n) is 11.6. The maximum absolute atomic E-state index is 13.1. The Kier molecular flexibility index (Phi) is 12.6. The van der Waals surface area contributed by atoms with Gasteiger partial charge in [0, 0.05) is 45.5 Å². The van der Waals surface area contributed by atoms with Crippen LogP contribution in [0.5, 0.6) is 5.75 Å². The smallest absolute Gasteiger partial charge is 0.333 e. The first-order chi connectivity index (χ1) is 34.5. The molecule has 2 aromatic carbocycles. The minimum atomic E-state index is -2.75. The van der Waals surface area contributed by atoms with Gasteiger partial charge in [-0.15, -0.1) is 0 Å². The summed E-state index contributed by atoms with van der Waals surface area (Å²) in [5.74, 6) is 4.14. The fourth-order valence-corrected chi connectivity index (χ4v) is 8.65. The number of morpholine rings is 2. The van der Waals surface area contributed by atoms with E-state index in [1.165, 1.54) is 18.7 Å². The van der Waals surface area contributed by atoms with Crippen LogP contribution in [0.3, 0.4) is 0 Å². The number of rotatable bonds is 12. The van der Waals surface area contributed by atoms with Crippen LogP contribution in [-0.4, -0.2) is 138 Å². The van der Waals surface area contributed by atoms with Crippen LogP contribution in [0, 0.1) is 0 Å². The molecule has 2 aliphatic heterocycles. The third kappa shape index (κ3) is 9.36. The second-order valence-corrected chi connectivity index (χ2v) is 17.4. The molecule has 0 amide bonds. The van der Waals surface area contributed by atoms with Crippen molar-refractivity contribution in [3.63, 3.8) is 0 Å². The summed E-state index contributed by atoms with van der Waals surface area (Å²) in [4.78, 5) is 48.0. The minimum absolute atomic E-state index is 0.300. The molecule has 8 aromatic heterocycles. The van der Waals surface area contributed by atoms with E-state index in [2.05, 4.69) is 55.6 Å². The van der Waals surface area contributed by atoms with Gasteiger partial charge in [-0.25, -0.2) is 24.6 Å². The van der Waals surface area contributed by atoms with Crippen molar-refractivity contribution < 1.29 is 23.0 Å². The number of aryl methyl sites for hydroxylation is 1. The van der Waals surface area contributed by atoms with Gasteiger partial charge in [0.2, 0.25) is 11.9 Å². The average Bonchev–Trinajstić information content (AvgIpc) is 4.26. The van der Waals surface area contributed by atoms with Crippen molar-refractivity contribution in [1.29, 1.82) is 0 Å². The summed E-state index contributed by atoms with van der Waals surface area (Å²) < 4.78 is 48.3. The molecule has 0 radical (unpaired) electrons. The Balaban J connectivity index is 0.000000154. The zero-order valence-electron chi connectivity index (χ0n) is 37.7. The fraction of sp³-hybridized carbons (Fsp3) is 0.302. The second-order valence-electron chi connectivity index (χ2n) is 16.2. The minimum Gasteiger partial charge on any atom is -0.495 e. The van der Waals surface area contributed by atoms with E-state index < -0.39 is 6.55 Å². The van der Waals surface area contributed by atoms with Crippen molar-refractivity contribution in [2.75, 3.05) is 80.1 Å². The molecule has 4 N–H and O–H groups in total. The maximum Gasteiger partial charge on any atom is 0.333 e. The van der Waals surface area contributed by atoms with E-state index in [0.717, 1.165) is 41.2 Å². The van der Waals surface area contributed by atoms with Crippen LogP contribution < -0.4 is 25.2 Å². The number of aromatic amines is 2. The number of H-pyrrole nitrogens is 2. The molecule has 0 bridgehead atoms. The molecule has 2 aliphatic rings. The van der Waals surface area contributed by atoms with Gasteiger partial charge < -0.3 is 44.6 Å². The molecule has 0 spiro atoms. The highest BCUT2D eigenvalue weighted by Gasteiger charge is 2.23. The van der Waals surface area contributed by atoms with Gasteiger partial charge in [0.25, 0.3) is 0 Å². The number of methoxy groups -OCH3 is 1. The van der Waals surface area contributed by atoms with Crippen LogP contribution in [0.25, 0.3) is 55.8 Å². The molecule has 71 heavy (non-hydrogen) atoms. The number of hydrogen-bond acceptors (Lipinski definition) is 17. The molecule has 0 aliphatic carbocycles. The SMILES string of the molecule is COc1cc2nc(CNc3nc(N4CCOCC4)nc4c3ncn4-c3cnn(C)c3)[nH]c2cc1Cl.FC(F)n1cc(-n2cnc3c(NCc4nc5cc(Cl)c(Cl)cc5[nH]4)nc(N4CCOCC4)nc32)cn1. The van der Waals surface area contributed by atoms with Gasteiger partial charge in [-0.3, -0.25) is 13.8 Å². The molecular formula is C43H41Cl3F2N20O3. The zero-order chi connectivity index (χ0) is 48.8. The number of halogens is 5. The molecule has 2 fully saturated rings. The number of hydrogen-bond donors (Lipinski definition) is 4. The first-order valence-corrected chi connectivity index (χ1v) is 23.2. The van der Waals surface area contributed by atoms with Crippen molar-refractivity contribution in [2.45, 2.75) is 19.6 Å². The molecular weight excluding hydrogens is 989 g/mol. The van der Waals surface area contributed by atoms with E-state index in [9.17, 15) is 8.78 Å². The Hall–Kier alpha value is -7.45. The van der Waals surface area contributed by atoms with E-state index in [4.69, 9.17) is 68.9 Å². The number of anilines is 4. The summed E-state index contributed by atoms with van der Waals surface area (Å²) in [5, 5.41) is 16.1. The lowest BCUT2D eigenvalue weighted by Gasteiger charge is -2.27. The monoisotopic (exact) mass is 1030 g/mol. The van der Waals surface area contributed by atoms with E-state index in [1.807, 2.05) is 28.8 Å². The Morgan fingerprint density at radius 3 is 1.68 bits per heavy atom. The molecule has 366 valence electrons. The number of nitrogens with one attached hydrogen (secondary N) is 4. The first kappa shape index (κ1) is 46.0. The Morgan fingerprint density at radius 2 is 1.17 bits per heavy atom.